The number of fused-ring (bicyclic) bond motifs is 4. The van der Waals surface area contributed by atoms with Gasteiger partial charge in [-0.05, 0) is 108 Å². The Labute approximate surface area is 281 Å². The van der Waals surface area contributed by atoms with Crippen molar-refractivity contribution in [1.29, 1.82) is 0 Å². The lowest BCUT2D eigenvalue weighted by molar-refractivity contribution is 0.483. The molecule has 0 N–H and O–H groups in total. The van der Waals surface area contributed by atoms with Gasteiger partial charge in [0, 0.05) is 54.3 Å². The molecule has 0 saturated carbocycles. The van der Waals surface area contributed by atoms with Crippen molar-refractivity contribution >= 4 is 32.8 Å². The summed E-state index contributed by atoms with van der Waals surface area (Å²) in [5.74, 6) is 2.45. The van der Waals surface area contributed by atoms with Crippen molar-refractivity contribution in [3.63, 3.8) is 0 Å². The van der Waals surface area contributed by atoms with Crippen LogP contribution in [0.25, 0.3) is 55.5 Å². The molecule has 8 rings (SSSR count). The second-order valence-electron chi connectivity index (χ2n) is 13.9. The summed E-state index contributed by atoms with van der Waals surface area (Å²) in [7, 11) is 2.07. The van der Waals surface area contributed by atoms with Crippen LogP contribution in [0.5, 0.6) is 11.5 Å². The summed E-state index contributed by atoms with van der Waals surface area (Å²) in [6, 6.07) is 40.8. The maximum atomic E-state index is 6.60. The number of aromatic nitrogens is 4. The van der Waals surface area contributed by atoms with Crippen molar-refractivity contribution in [2.45, 2.75) is 40.0 Å². The SMILES string of the molecule is Cc1cccc(C)c1-c1ccc2c(c1)c1ccc(Oc3cccc(-n4[cH+]n(C)c5ccccc54)c3)cc1n2-c1cc(C(C)(C)C)ccn1. The van der Waals surface area contributed by atoms with E-state index in [1.807, 2.05) is 18.3 Å². The van der Waals surface area contributed by atoms with Gasteiger partial charge < -0.3 is 4.74 Å². The quantitative estimate of drug-likeness (QED) is 0.178. The monoisotopic (exact) mass is 627 g/mol. The van der Waals surface area contributed by atoms with E-state index < -0.39 is 0 Å². The lowest BCUT2D eigenvalue weighted by atomic mass is 9.88. The van der Waals surface area contributed by atoms with Gasteiger partial charge in [-0.1, -0.05) is 45.0 Å². The largest absolute Gasteiger partial charge is 0.456 e. The first-order chi connectivity index (χ1) is 23.2. The van der Waals surface area contributed by atoms with Gasteiger partial charge in [0.1, 0.15) is 23.0 Å². The Hall–Kier alpha value is -5.68. The molecule has 236 valence electrons. The number of hydrogen-bond donors (Lipinski definition) is 0. The van der Waals surface area contributed by atoms with Gasteiger partial charge in [-0.25, -0.2) is 9.55 Å². The van der Waals surface area contributed by atoms with E-state index >= 15 is 0 Å². The Kier molecular flexibility index (Phi) is 6.95. The first kappa shape index (κ1) is 29.7. The van der Waals surface area contributed by atoms with Crippen LogP contribution in [-0.4, -0.2) is 18.7 Å². The van der Waals surface area contributed by atoms with Crippen LogP contribution >= 0.6 is 0 Å². The second kappa shape index (κ2) is 11.2. The Morgan fingerprint density at radius 3 is 2.19 bits per heavy atom. The highest BCUT2D eigenvalue weighted by Gasteiger charge is 2.20. The molecule has 0 atom stereocenters. The third-order valence-corrected chi connectivity index (χ3v) is 9.49. The van der Waals surface area contributed by atoms with Gasteiger partial charge in [-0.2, -0.15) is 4.57 Å². The standard InChI is InChI=1S/C43H39N4O/c1-28-11-9-12-29(2)42(28)30-17-20-37-36(23-30)35-19-18-34(26-40(35)47(37)41-24-31(21-22-44-41)43(3,4)5)48-33-14-10-13-32(25-33)46-27-45(6)38-15-7-8-16-39(38)46/h7-27H,1-6H3/q+1. The van der Waals surface area contributed by atoms with Gasteiger partial charge >= 0.3 is 0 Å². The molecule has 3 aromatic heterocycles. The van der Waals surface area contributed by atoms with Crippen LogP contribution in [0.1, 0.15) is 37.5 Å². The number of benzene rings is 5. The maximum Gasteiger partial charge on any atom is 0.191 e. The minimum atomic E-state index is -0.00659. The van der Waals surface area contributed by atoms with Crippen molar-refractivity contribution in [2.75, 3.05) is 0 Å². The maximum absolute atomic E-state index is 6.60. The molecule has 0 amide bonds. The van der Waals surface area contributed by atoms with Crippen LogP contribution in [0.2, 0.25) is 0 Å². The molecule has 5 heteroatoms. The number of ether oxygens (including phenoxy) is 1. The molecule has 5 aromatic carbocycles. The van der Waals surface area contributed by atoms with E-state index in [-0.39, 0.29) is 5.41 Å². The molecule has 0 bridgehead atoms. The minimum Gasteiger partial charge on any atom is -0.456 e. The average Bonchev–Trinajstić information content (AvgIpc) is 3.58. The topological polar surface area (TPSA) is 36.9 Å². The van der Waals surface area contributed by atoms with Gasteiger partial charge in [-0.3, -0.25) is 4.57 Å². The molecule has 0 saturated heterocycles. The molecule has 0 aliphatic heterocycles. The number of pyridine rings is 1. The third-order valence-electron chi connectivity index (χ3n) is 9.49. The van der Waals surface area contributed by atoms with E-state index in [4.69, 9.17) is 9.72 Å². The lowest BCUT2D eigenvalue weighted by Gasteiger charge is -2.20. The summed E-state index contributed by atoms with van der Waals surface area (Å²) in [5, 5.41) is 2.35. The van der Waals surface area contributed by atoms with Crippen LogP contribution < -0.4 is 4.74 Å². The molecular weight excluding hydrogens is 589 g/mol. The Morgan fingerprint density at radius 1 is 0.646 bits per heavy atom. The van der Waals surface area contributed by atoms with E-state index in [0.29, 0.717) is 0 Å². The van der Waals surface area contributed by atoms with Gasteiger partial charge in [0.05, 0.1) is 11.0 Å². The van der Waals surface area contributed by atoms with E-state index in [9.17, 15) is 0 Å². The molecule has 0 radical (unpaired) electrons. The predicted molar refractivity (Wildman–Crippen MR) is 199 cm³/mol. The van der Waals surface area contributed by atoms with Crippen molar-refractivity contribution < 1.29 is 4.74 Å². The Bertz CT molecular complexity index is 2490. The number of para-hydroxylation sites is 2. The Balaban J connectivity index is 1.28. The van der Waals surface area contributed by atoms with E-state index in [1.54, 1.807) is 0 Å². The fraction of sp³-hybridized carbons (Fsp3) is 0.163. The van der Waals surface area contributed by atoms with Gasteiger partial charge in [0.25, 0.3) is 0 Å². The highest BCUT2D eigenvalue weighted by molar-refractivity contribution is 6.10. The highest BCUT2D eigenvalue weighted by atomic mass is 16.5. The Morgan fingerprint density at radius 2 is 1.40 bits per heavy atom. The molecular formula is C43H39N4O+. The second-order valence-corrected chi connectivity index (χ2v) is 13.9. The average molecular weight is 628 g/mol. The molecule has 0 unspecified atom stereocenters. The van der Waals surface area contributed by atoms with E-state index in [0.717, 1.165) is 44.9 Å². The van der Waals surface area contributed by atoms with Gasteiger partial charge in [0.15, 0.2) is 17.4 Å². The number of aryl methyl sites for hydroxylation is 3. The summed E-state index contributed by atoms with van der Waals surface area (Å²) >= 11 is 0. The molecule has 8 aromatic rings. The van der Waals surface area contributed by atoms with Crippen molar-refractivity contribution in [3.05, 3.63) is 144 Å². The fourth-order valence-corrected chi connectivity index (χ4v) is 7.05. The molecule has 0 fully saturated rings. The summed E-state index contributed by atoms with van der Waals surface area (Å²) < 4.78 is 13.2. The fourth-order valence-electron chi connectivity index (χ4n) is 7.05. The van der Waals surface area contributed by atoms with Gasteiger partial charge in [0.2, 0.25) is 0 Å². The zero-order valence-electron chi connectivity index (χ0n) is 28.3. The van der Waals surface area contributed by atoms with Crippen LogP contribution in [0, 0.1) is 13.8 Å². The number of hydrogen-bond acceptors (Lipinski definition) is 2. The molecule has 48 heavy (non-hydrogen) atoms. The summed E-state index contributed by atoms with van der Waals surface area (Å²) in [4.78, 5) is 4.91. The minimum absolute atomic E-state index is 0.00659. The number of rotatable bonds is 5. The van der Waals surface area contributed by atoms with Gasteiger partial charge in [-0.15, -0.1) is 0 Å². The van der Waals surface area contributed by atoms with Crippen LogP contribution in [0.4, 0.5) is 0 Å². The van der Waals surface area contributed by atoms with Crippen LogP contribution in [0.3, 0.4) is 0 Å². The third kappa shape index (κ3) is 5.03. The van der Waals surface area contributed by atoms with E-state index in [1.165, 1.54) is 38.7 Å². The highest BCUT2D eigenvalue weighted by Crippen LogP contribution is 2.39. The lowest BCUT2D eigenvalue weighted by Crippen LogP contribution is -2.12. The zero-order chi connectivity index (χ0) is 33.2. The van der Waals surface area contributed by atoms with E-state index in [2.05, 4.69) is 165 Å². The summed E-state index contributed by atoms with van der Waals surface area (Å²) in [5.41, 5.74) is 11.8. The first-order valence-electron chi connectivity index (χ1n) is 16.5. The zero-order valence-corrected chi connectivity index (χ0v) is 28.3. The number of nitrogens with zero attached hydrogens (tertiary/aromatic N) is 4. The van der Waals surface area contributed by atoms with Crippen molar-refractivity contribution in [1.82, 2.24) is 18.7 Å². The van der Waals surface area contributed by atoms with Crippen LogP contribution in [0.15, 0.2) is 128 Å². The molecule has 5 nitrogen and oxygen atoms in total. The summed E-state index contributed by atoms with van der Waals surface area (Å²) in [6.07, 6.45) is 4.04. The molecule has 0 aliphatic carbocycles. The molecule has 3 heterocycles. The summed E-state index contributed by atoms with van der Waals surface area (Å²) in [6.45, 7) is 11.1. The predicted octanol–water partition coefficient (Wildman–Crippen LogP) is 11.1. The first-order valence-corrected chi connectivity index (χ1v) is 16.5. The smallest absolute Gasteiger partial charge is 0.191 e. The van der Waals surface area contributed by atoms with Crippen LogP contribution in [-0.2, 0) is 12.5 Å². The number of imidazole rings is 1. The normalized spacial score (nSPS) is 12.0. The van der Waals surface area contributed by atoms with Crippen molar-refractivity contribution in [2.24, 2.45) is 7.05 Å². The molecule has 0 spiro atoms. The molecule has 0 aliphatic rings. The van der Waals surface area contributed by atoms with Crippen molar-refractivity contribution in [3.8, 4) is 34.1 Å².